The Bertz CT molecular complexity index is 588. The molecule has 0 aromatic carbocycles. The molecule has 21 heavy (non-hydrogen) atoms. The van der Waals surface area contributed by atoms with Gasteiger partial charge >= 0.3 is 0 Å². The third-order valence-electron chi connectivity index (χ3n) is 4.15. The molecule has 1 atom stereocenters. The van der Waals surface area contributed by atoms with E-state index in [0.717, 1.165) is 37.8 Å². The lowest BCUT2D eigenvalue weighted by Crippen LogP contribution is -2.28. The minimum atomic E-state index is 0.265. The van der Waals surface area contributed by atoms with Crippen LogP contribution >= 0.6 is 0 Å². The lowest BCUT2D eigenvalue weighted by atomic mass is 10.2. The maximum absolute atomic E-state index is 5.48. The van der Waals surface area contributed by atoms with Crippen LogP contribution < -0.4 is 0 Å². The van der Waals surface area contributed by atoms with Crippen molar-refractivity contribution >= 4 is 0 Å². The molecule has 1 aliphatic heterocycles. The molecule has 0 N–H and O–H groups in total. The standard InChI is InChI=1S/C15H23N5O/c1-11(2)14-17-15(21-18-14)13-5-4-8-19(13)9-10-20-12(3)6-7-16-20/h6-7,11,13H,4-5,8-10H2,1-3H3/t13-/m0/s1. The second-order valence-electron chi connectivity index (χ2n) is 6.04. The average molecular weight is 289 g/mol. The number of likely N-dealkylation sites (tertiary alicyclic amines) is 1. The molecule has 2 aromatic heterocycles. The van der Waals surface area contributed by atoms with Gasteiger partial charge in [0.25, 0.3) is 0 Å². The maximum atomic E-state index is 5.48. The van der Waals surface area contributed by atoms with Crippen LogP contribution in [0, 0.1) is 6.92 Å². The number of aryl methyl sites for hydroxylation is 1. The monoisotopic (exact) mass is 289 g/mol. The van der Waals surface area contributed by atoms with Gasteiger partial charge in [0, 0.05) is 24.4 Å². The second-order valence-corrected chi connectivity index (χ2v) is 6.04. The van der Waals surface area contributed by atoms with Gasteiger partial charge in [0.15, 0.2) is 5.82 Å². The molecule has 1 aliphatic rings. The molecule has 114 valence electrons. The predicted octanol–water partition coefficient (Wildman–Crippen LogP) is 2.54. The molecule has 0 bridgehead atoms. The topological polar surface area (TPSA) is 60.0 Å². The van der Waals surface area contributed by atoms with Gasteiger partial charge in [-0.1, -0.05) is 19.0 Å². The SMILES string of the molecule is Cc1ccnn1CCN1CCC[C@H]1c1nc(C(C)C)no1. The van der Waals surface area contributed by atoms with Gasteiger partial charge in [-0.3, -0.25) is 9.58 Å². The molecule has 0 radical (unpaired) electrons. The molecule has 3 heterocycles. The molecule has 6 heteroatoms. The molecule has 0 amide bonds. The molecule has 1 saturated heterocycles. The van der Waals surface area contributed by atoms with E-state index in [1.54, 1.807) is 0 Å². The van der Waals surface area contributed by atoms with E-state index in [1.807, 2.05) is 16.9 Å². The zero-order valence-electron chi connectivity index (χ0n) is 13.0. The van der Waals surface area contributed by atoms with Crippen LogP contribution in [-0.2, 0) is 6.54 Å². The lowest BCUT2D eigenvalue weighted by molar-refractivity contribution is 0.199. The normalized spacial score (nSPS) is 19.7. The number of hydrogen-bond acceptors (Lipinski definition) is 5. The van der Waals surface area contributed by atoms with Crippen LogP contribution in [0.15, 0.2) is 16.8 Å². The molecular weight excluding hydrogens is 266 g/mol. The highest BCUT2D eigenvalue weighted by atomic mass is 16.5. The van der Waals surface area contributed by atoms with Crippen LogP contribution in [0.2, 0.25) is 0 Å². The van der Waals surface area contributed by atoms with E-state index in [-0.39, 0.29) is 6.04 Å². The Morgan fingerprint density at radius 2 is 2.24 bits per heavy atom. The maximum Gasteiger partial charge on any atom is 0.244 e. The minimum Gasteiger partial charge on any atom is -0.338 e. The van der Waals surface area contributed by atoms with E-state index < -0.39 is 0 Å². The summed E-state index contributed by atoms with van der Waals surface area (Å²) in [5.74, 6) is 1.89. The fourth-order valence-corrected chi connectivity index (χ4v) is 2.85. The van der Waals surface area contributed by atoms with Gasteiger partial charge in [0.1, 0.15) is 0 Å². The van der Waals surface area contributed by atoms with Crippen molar-refractivity contribution in [3.63, 3.8) is 0 Å². The molecule has 2 aromatic rings. The number of aromatic nitrogens is 4. The van der Waals surface area contributed by atoms with E-state index in [1.165, 1.54) is 12.1 Å². The van der Waals surface area contributed by atoms with E-state index in [9.17, 15) is 0 Å². The fourth-order valence-electron chi connectivity index (χ4n) is 2.85. The van der Waals surface area contributed by atoms with Gasteiger partial charge in [0.05, 0.1) is 12.6 Å². The van der Waals surface area contributed by atoms with Crippen molar-refractivity contribution in [2.45, 2.75) is 52.1 Å². The summed E-state index contributed by atoms with van der Waals surface area (Å²) in [6.45, 7) is 9.21. The molecule has 0 spiro atoms. The summed E-state index contributed by atoms with van der Waals surface area (Å²) in [6, 6.07) is 2.30. The van der Waals surface area contributed by atoms with Crippen molar-refractivity contribution in [3.05, 3.63) is 29.7 Å². The van der Waals surface area contributed by atoms with Crippen LogP contribution in [0.3, 0.4) is 0 Å². The summed E-state index contributed by atoms with van der Waals surface area (Å²) in [5, 5.41) is 8.43. The van der Waals surface area contributed by atoms with Gasteiger partial charge in [-0.05, 0) is 32.4 Å². The van der Waals surface area contributed by atoms with Gasteiger partial charge in [-0.15, -0.1) is 0 Å². The summed E-state index contributed by atoms with van der Waals surface area (Å²) in [7, 11) is 0. The molecule has 0 saturated carbocycles. The molecule has 6 nitrogen and oxygen atoms in total. The largest absolute Gasteiger partial charge is 0.338 e. The highest BCUT2D eigenvalue weighted by molar-refractivity contribution is 5.00. The Morgan fingerprint density at radius 1 is 1.38 bits per heavy atom. The van der Waals surface area contributed by atoms with E-state index in [4.69, 9.17) is 4.52 Å². The summed E-state index contributed by atoms with van der Waals surface area (Å²) in [6.07, 6.45) is 4.13. The van der Waals surface area contributed by atoms with Gasteiger partial charge in [-0.25, -0.2) is 0 Å². The third kappa shape index (κ3) is 3.00. The Labute approximate surface area is 125 Å². The van der Waals surface area contributed by atoms with Gasteiger partial charge in [-0.2, -0.15) is 10.1 Å². The zero-order valence-corrected chi connectivity index (χ0v) is 13.0. The van der Waals surface area contributed by atoms with E-state index in [2.05, 4.69) is 40.9 Å². The quantitative estimate of drug-likeness (QED) is 0.846. The van der Waals surface area contributed by atoms with Crippen molar-refractivity contribution in [2.24, 2.45) is 0 Å². The van der Waals surface area contributed by atoms with Crippen LogP contribution in [0.25, 0.3) is 0 Å². The Hall–Kier alpha value is -1.69. The van der Waals surface area contributed by atoms with E-state index >= 15 is 0 Å². The Morgan fingerprint density at radius 3 is 2.90 bits per heavy atom. The lowest BCUT2D eigenvalue weighted by Gasteiger charge is -2.21. The Kier molecular flexibility index (Phi) is 4.05. The second kappa shape index (κ2) is 5.97. The van der Waals surface area contributed by atoms with Crippen LogP contribution in [0.4, 0.5) is 0 Å². The van der Waals surface area contributed by atoms with Crippen LogP contribution in [0.1, 0.15) is 56.1 Å². The van der Waals surface area contributed by atoms with Crippen LogP contribution in [0.5, 0.6) is 0 Å². The molecule has 3 rings (SSSR count). The van der Waals surface area contributed by atoms with Crippen molar-refractivity contribution in [3.8, 4) is 0 Å². The van der Waals surface area contributed by atoms with Gasteiger partial charge in [0.2, 0.25) is 5.89 Å². The first-order valence-electron chi connectivity index (χ1n) is 7.71. The molecule has 0 aliphatic carbocycles. The molecule has 0 unspecified atom stereocenters. The first-order valence-corrected chi connectivity index (χ1v) is 7.71. The highest BCUT2D eigenvalue weighted by Crippen LogP contribution is 2.31. The minimum absolute atomic E-state index is 0.265. The first-order chi connectivity index (χ1) is 10.1. The summed E-state index contributed by atoms with van der Waals surface area (Å²) in [4.78, 5) is 6.99. The van der Waals surface area contributed by atoms with Crippen molar-refractivity contribution in [2.75, 3.05) is 13.1 Å². The number of rotatable bonds is 5. The van der Waals surface area contributed by atoms with Crippen LogP contribution in [-0.4, -0.2) is 37.9 Å². The molecule has 1 fully saturated rings. The third-order valence-corrected chi connectivity index (χ3v) is 4.15. The average Bonchev–Trinajstić information content (AvgIpc) is 3.16. The summed E-state index contributed by atoms with van der Waals surface area (Å²) in [5.41, 5.74) is 1.20. The van der Waals surface area contributed by atoms with Crippen molar-refractivity contribution in [1.82, 2.24) is 24.8 Å². The number of hydrogen-bond donors (Lipinski definition) is 0. The first kappa shape index (κ1) is 14.3. The highest BCUT2D eigenvalue weighted by Gasteiger charge is 2.30. The summed E-state index contributed by atoms with van der Waals surface area (Å²) >= 11 is 0. The van der Waals surface area contributed by atoms with E-state index in [0.29, 0.717) is 5.92 Å². The van der Waals surface area contributed by atoms with Crippen molar-refractivity contribution in [1.29, 1.82) is 0 Å². The zero-order chi connectivity index (χ0) is 14.8. The van der Waals surface area contributed by atoms with Gasteiger partial charge < -0.3 is 4.52 Å². The van der Waals surface area contributed by atoms with Crippen molar-refractivity contribution < 1.29 is 4.52 Å². The number of nitrogens with zero attached hydrogens (tertiary/aromatic N) is 5. The summed E-state index contributed by atoms with van der Waals surface area (Å²) < 4.78 is 7.52. The molecular formula is C15H23N5O. The predicted molar refractivity (Wildman–Crippen MR) is 78.9 cm³/mol. The smallest absolute Gasteiger partial charge is 0.244 e. The Balaban J connectivity index is 1.66. The fraction of sp³-hybridized carbons (Fsp3) is 0.667.